The van der Waals surface area contributed by atoms with Gasteiger partial charge < -0.3 is 10.1 Å². The highest BCUT2D eigenvalue weighted by Gasteiger charge is 2.24. The molecule has 2 aromatic rings. The minimum Gasteiger partial charge on any atom is -0.381 e. The SMILES string of the molecule is CC1CC(Nc2ccc(-n3cccn3)nc2)CC(C)O1. The number of anilines is 1. The lowest BCUT2D eigenvalue weighted by Gasteiger charge is -2.33. The number of hydrogen-bond donors (Lipinski definition) is 1. The van der Waals surface area contributed by atoms with Gasteiger partial charge in [-0.25, -0.2) is 9.67 Å². The fraction of sp³-hybridized carbons (Fsp3) is 0.467. The first-order valence-corrected chi connectivity index (χ1v) is 7.09. The van der Waals surface area contributed by atoms with Gasteiger partial charge in [0.15, 0.2) is 5.82 Å². The standard InChI is InChI=1S/C15H20N4O/c1-11-8-14(9-12(2)20-11)18-13-4-5-15(16-10-13)19-7-3-6-17-19/h3-7,10-12,14,18H,8-9H2,1-2H3. The van der Waals surface area contributed by atoms with E-state index in [4.69, 9.17) is 4.74 Å². The Labute approximate surface area is 119 Å². The van der Waals surface area contributed by atoms with E-state index in [2.05, 4.69) is 35.3 Å². The number of ether oxygens (including phenoxy) is 1. The van der Waals surface area contributed by atoms with Gasteiger partial charge in [0.05, 0.1) is 24.1 Å². The maximum absolute atomic E-state index is 5.75. The van der Waals surface area contributed by atoms with Crippen LogP contribution in [0.2, 0.25) is 0 Å². The van der Waals surface area contributed by atoms with Crippen LogP contribution in [0.15, 0.2) is 36.8 Å². The zero-order chi connectivity index (χ0) is 13.9. The van der Waals surface area contributed by atoms with Crippen LogP contribution in [0.5, 0.6) is 0 Å². The van der Waals surface area contributed by atoms with Crippen LogP contribution in [0.3, 0.4) is 0 Å². The molecule has 0 aliphatic carbocycles. The maximum atomic E-state index is 5.75. The van der Waals surface area contributed by atoms with Gasteiger partial charge in [-0.1, -0.05) is 0 Å². The second-order valence-corrected chi connectivity index (χ2v) is 5.43. The summed E-state index contributed by atoms with van der Waals surface area (Å²) in [6.07, 6.45) is 8.19. The number of pyridine rings is 1. The molecule has 2 unspecified atom stereocenters. The Balaban J connectivity index is 1.66. The van der Waals surface area contributed by atoms with Crippen LogP contribution in [0.4, 0.5) is 5.69 Å². The van der Waals surface area contributed by atoms with E-state index in [0.29, 0.717) is 18.2 Å². The third-order valence-electron chi connectivity index (χ3n) is 3.56. The molecule has 106 valence electrons. The van der Waals surface area contributed by atoms with E-state index in [0.717, 1.165) is 24.3 Å². The van der Waals surface area contributed by atoms with Crippen molar-refractivity contribution in [3.63, 3.8) is 0 Å². The van der Waals surface area contributed by atoms with Gasteiger partial charge in [0.1, 0.15) is 0 Å². The van der Waals surface area contributed by atoms with Gasteiger partial charge in [-0.3, -0.25) is 0 Å². The average Bonchev–Trinajstić information content (AvgIpc) is 2.92. The second-order valence-electron chi connectivity index (χ2n) is 5.43. The van der Waals surface area contributed by atoms with Gasteiger partial charge >= 0.3 is 0 Å². The molecule has 3 heterocycles. The van der Waals surface area contributed by atoms with Crippen molar-refractivity contribution in [3.8, 4) is 5.82 Å². The van der Waals surface area contributed by atoms with Crippen molar-refractivity contribution in [2.75, 3.05) is 5.32 Å². The Kier molecular flexibility index (Phi) is 3.69. The van der Waals surface area contributed by atoms with Crippen molar-refractivity contribution in [2.24, 2.45) is 0 Å². The predicted octanol–water partition coefficient (Wildman–Crippen LogP) is 2.64. The zero-order valence-corrected chi connectivity index (χ0v) is 11.9. The molecule has 1 saturated heterocycles. The topological polar surface area (TPSA) is 52.0 Å². The monoisotopic (exact) mass is 272 g/mol. The van der Waals surface area contributed by atoms with Gasteiger partial charge in [0.25, 0.3) is 0 Å². The molecule has 0 radical (unpaired) electrons. The highest BCUT2D eigenvalue weighted by Crippen LogP contribution is 2.22. The fourth-order valence-electron chi connectivity index (χ4n) is 2.77. The summed E-state index contributed by atoms with van der Waals surface area (Å²) in [7, 11) is 0. The lowest BCUT2D eigenvalue weighted by atomic mass is 10.00. The Bertz CT molecular complexity index is 528. The van der Waals surface area contributed by atoms with E-state index in [9.17, 15) is 0 Å². The molecule has 0 bridgehead atoms. The van der Waals surface area contributed by atoms with E-state index < -0.39 is 0 Å². The zero-order valence-electron chi connectivity index (χ0n) is 11.9. The first-order valence-electron chi connectivity index (χ1n) is 7.09. The van der Waals surface area contributed by atoms with Crippen LogP contribution in [-0.2, 0) is 4.74 Å². The normalized spacial score (nSPS) is 26.4. The van der Waals surface area contributed by atoms with Crippen molar-refractivity contribution < 1.29 is 4.74 Å². The quantitative estimate of drug-likeness (QED) is 0.933. The molecule has 0 saturated carbocycles. The molecule has 2 aromatic heterocycles. The van der Waals surface area contributed by atoms with E-state index >= 15 is 0 Å². The molecule has 2 atom stereocenters. The number of hydrogen-bond acceptors (Lipinski definition) is 4. The number of aromatic nitrogens is 3. The van der Waals surface area contributed by atoms with Gasteiger partial charge in [-0.15, -0.1) is 0 Å². The van der Waals surface area contributed by atoms with Crippen molar-refractivity contribution in [1.82, 2.24) is 14.8 Å². The van der Waals surface area contributed by atoms with E-state index in [1.165, 1.54) is 0 Å². The third-order valence-corrected chi connectivity index (χ3v) is 3.56. The summed E-state index contributed by atoms with van der Waals surface area (Å²) in [5.74, 6) is 0.828. The summed E-state index contributed by atoms with van der Waals surface area (Å²) in [5, 5.41) is 7.71. The van der Waals surface area contributed by atoms with Gasteiger partial charge in [-0.2, -0.15) is 5.10 Å². The average molecular weight is 272 g/mol. The molecule has 5 nitrogen and oxygen atoms in total. The Morgan fingerprint density at radius 2 is 2.05 bits per heavy atom. The molecular weight excluding hydrogens is 252 g/mol. The minimum atomic E-state index is 0.313. The molecule has 3 rings (SSSR count). The summed E-state index contributed by atoms with van der Waals surface area (Å²) in [6, 6.07) is 6.36. The van der Waals surface area contributed by atoms with Crippen molar-refractivity contribution in [2.45, 2.75) is 44.9 Å². The molecule has 0 aromatic carbocycles. The summed E-state index contributed by atoms with van der Waals surface area (Å²) >= 11 is 0. The number of nitrogens with zero attached hydrogens (tertiary/aromatic N) is 3. The third kappa shape index (κ3) is 2.99. The number of nitrogens with one attached hydrogen (secondary N) is 1. The smallest absolute Gasteiger partial charge is 0.153 e. The van der Waals surface area contributed by atoms with Crippen molar-refractivity contribution in [1.29, 1.82) is 0 Å². The molecule has 1 fully saturated rings. The lowest BCUT2D eigenvalue weighted by Crippen LogP contribution is -2.36. The molecule has 0 spiro atoms. The summed E-state index contributed by atoms with van der Waals surface area (Å²) in [4.78, 5) is 4.43. The number of rotatable bonds is 3. The first kappa shape index (κ1) is 13.1. The Morgan fingerprint density at radius 3 is 2.65 bits per heavy atom. The van der Waals surface area contributed by atoms with E-state index in [-0.39, 0.29) is 0 Å². The van der Waals surface area contributed by atoms with Crippen LogP contribution >= 0.6 is 0 Å². The molecule has 1 N–H and O–H groups in total. The largest absolute Gasteiger partial charge is 0.381 e. The van der Waals surface area contributed by atoms with Gasteiger partial charge in [0.2, 0.25) is 0 Å². The summed E-state index contributed by atoms with van der Waals surface area (Å²) in [6.45, 7) is 4.26. The van der Waals surface area contributed by atoms with Crippen LogP contribution < -0.4 is 5.32 Å². The van der Waals surface area contributed by atoms with Gasteiger partial charge in [-0.05, 0) is 44.9 Å². The van der Waals surface area contributed by atoms with Crippen LogP contribution in [-0.4, -0.2) is 33.0 Å². The summed E-state index contributed by atoms with van der Waals surface area (Å²) in [5.41, 5.74) is 1.05. The van der Waals surface area contributed by atoms with Gasteiger partial charge in [0, 0.05) is 18.4 Å². The predicted molar refractivity (Wildman–Crippen MR) is 78.0 cm³/mol. The molecular formula is C15H20N4O. The Hall–Kier alpha value is -1.88. The summed E-state index contributed by atoms with van der Waals surface area (Å²) < 4.78 is 7.51. The highest BCUT2D eigenvalue weighted by molar-refractivity contribution is 5.44. The molecule has 0 amide bonds. The fourth-order valence-corrected chi connectivity index (χ4v) is 2.77. The van der Waals surface area contributed by atoms with Crippen LogP contribution in [0.1, 0.15) is 26.7 Å². The van der Waals surface area contributed by atoms with E-state index in [1.807, 2.05) is 24.5 Å². The highest BCUT2D eigenvalue weighted by atomic mass is 16.5. The lowest BCUT2D eigenvalue weighted by molar-refractivity contribution is -0.0337. The molecule has 20 heavy (non-hydrogen) atoms. The van der Waals surface area contributed by atoms with Crippen LogP contribution in [0.25, 0.3) is 5.82 Å². The molecule has 5 heteroatoms. The van der Waals surface area contributed by atoms with Crippen LogP contribution in [0, 0.1) is 0 Å². The molecule has 1 aliphatic rings. The van der Waals surface area contributed by atoms with Crippen molar-refractivity contribution in [3.05, 3.63) is 36.8 Å². The van der Waals surface area contributed by atoms with Crippen molar-refractivity contribution >= 4 is 5.69 Å². The maximum Gasteiger partial charge on any atom is 0.153 e. The first-order chi connectivity index (χ1) is 9.70. The minimum absolute atomic E-state index is 0.313. The molecule has 1 aliphatic heterocycles. The van der Waals surface area contributed by atoms with E-state index in [1.54, 1.807) is 10.9 Å². The Morgan fingerprint density at radius 1 is 1.25 bits per heavy atom. The second kappa shape index (κ2) is 5.63.